The van der Waals surface area contributed by atoms with E-state index in [0.29, 0.717) is 0 Å². The van der Waals surface area contributed by atoms with Crippen LogP contribution in [0.2, 0.25) is 0 Å². The van der Waals surface area contributed by atoms with Crippen molar-refractivity contribution in [2.45, 2.75) is 38.8 Å². The lowest BCUT2D eigenvalue weighted by atomic mass is 9.39. The smallest absolute Gasteiger partial charge is 0.407 e. The van der Waals surface area contributed by atoms with E-state index in [0.717, 1.165) is 6.42 Å². The summed E-state index contributed by atoms with van der Waals surface area (Å²) in [5.41, 5.74) is -0.291. The number of amides is 1. The molecule has 1 amide bonds. The van der Waals surface area contributed by atoms with E-state index in [-0.39, 0.29) is 23.0 Å². The first-order chi connectivity index (χ1) is 8.37. The first kappa shape index (κ1) is 11.6. The minimum atomic E-state index is -0.444. The number of hydrogen-bond donors (Lipinski definition) is 1. The molecule has 0 bridgehead atoms. The van der Waals surface area contributed by atoms with Gasteiger partial charge in [-0.05, 0) is 27.2 Å². The summed E-state index contributed by atoms with van der Waals surface area (Å²) >= 11 is 0. The lowest BCUT2D eigenvalue weighted by molar-refractivity contribution is -0.00491. The van der Waals surface area contributed by atoms with Crippen LogP contribution >= 0.6 is 0 Å². The average Bonchev–Trinajstić information content (AvgIpc) is 2.18. The van der Waals surface area contributed by atoms with Crippen LogP contribution in [0, 0.1) is 10.8 Å². The quantitative estimate of drug-likeness (QED) is 0.721. The summed E-state index contributed by atoms with van der Waals surface area (Å²) < 4.78 is 5.31. The SMILES string of the molecule is CC(C)(C)OC(=O)NC1CC23C=CC=CC12C=C3. The standard InChI is InChI=1S/C15H19NO2/c1-13(2,3)18-12(17)16-11-10-14-6-4-5-7-15(11,14)9-8-14/h4-9,11H,10H2,1-3H3,(H,16,17). The largest absolute Gasteiger partial charge is 0.444 e. The van der Waals surface area contributed by atoms with E-state index >= 15 is 0 Å². The molecule has 1 fully saturated rings. The lowest BCUT2D eigenvalue weighted by Gasteiger charge is -2.66. The summed E-state index contributed by atoms with van der Waals surface area (Å²) in [6.07, 6.45) is 13.6. The van der Waals surface area contributed by atoms with E-state index in [1.54, 1.807) is 0 Å². The second kappa shape index (κ2) is 3.28. The maximum Gasteiger partial charge on any atom is 0.407 e. The van der Waals surface area contributed by atoms with Crippen molar-refractivity contribution in [1.82, 2.24) is 5.32 Å². The highest BCUT2D eigenvalue weighted by Crippen LogP contribution is 2.67. The van der Waals surface area contributed by atoms with Gasteiger partial charge in [0.25, 0.3) is 0 Å². The Morgan fingerprint density at radius 2 is 1.94 bits per heavy atom. The summed E-state index contributed by atoms with van der Waals surface area (Å²) in [5, 5.41) is 2.99. The van der Waals surface area contributed by atoms with Gasteiger partial charge in [0.15, 0.2) is 0 Å². The first-order valence-electron chi connectivity index (χ1n) is 6.44. The molecule has 0 aromatic carbocycles. The molecule has 1 saturated carbocycles. The molecule has 96 valence electrons. The van der Waals surface area contributed by atoms with Crippen LogP contribution in [0.15, 0.2) is 36.5 Å². The number of hydrogen-bond acceptors (Lipinski definition) is 2. The zero-order valence-electron chi connectivity index (χ0n) is 11.1. The molecule has 0 spiro atoms. The molecule has 0 saturated heterocycles. The van der Waals surface area contributed by atoms with Crippen LogP contribution in [-0.2, 0) is 4.74 Å². The zero-order chi connectivity index (χ0) is 13.0. The third-order valence-corrected chi connectivity index (χ3v) is 4.15. The average molecular weight is 245 g/mol. The molecular weight excluding hydrogens is 226 g/mol. The predicted octanol–water partition coefficient (Wildman–Crippen LogP) is 2.95. The van der Waals surface area contributed by atoms with Gasteiger partial charge in [0.1, 0.15) is 5.60 Å². The summed E-state index contributed by atoms with van der Waals surface area (Å²) in [6, 6.07) is 0.151. The second-order valence-electron chi connectivity index (χ2n) is 6.43. The molecule has 3 atom stereocenters. The van der Waals surface area contributed by atoms with Crippen molar-refractivity contribution in [3.8, 4) is 0 Å². The van der Waals surface area contributed by atoms with Crippen LogP contribution in [0.25, 0.3) is 0 Å². The third kappa shape index (κ3) is 1.39. The zero-order valence-corrected chi connectivity index (χ0v) is 11.1. The van der Waals surface area contributed by atoms with E-state index in [1.165, 1.54) is 0 Å². The highest BCUT2D eigenvalue weighted by Gasteiger charge is 2.66. The molecular formula is C15H19NO2. The molecule has 3 unspecified atom stereocenters. The fraction of sp³-hybridized carbons (Fsp3) is 0.533. The van der Waals surface area contributed by atoms with Crippen LogP contribution in [0.4, 0.5) is 4.79 Å². The molecule has 0 radical (unpaired) electrons. The minimum Gasteiger partial charge on any atom is -0.444 e. The van der Waals surface area contributed by atoms with Crippen molar-refractivity contribution >= 4 is 6.09 Å². The Labute approximate surface area is 108 Å². The van der Waals surface area contributed by atoms with Gasteiger partial charge >= 0.3 is 6.09 Å². The Balaban J connectivity index is 1.68. The Morgan fingerprint density at radius 1 is 1.22 bits per heavy atom. The molecule has 0 aromatic rings. The molecule has 3 heteroatoms. The van der Waals surface area contributed by atoms with Crippen LogP contribution in [0.1, 0.15) is 27.2 Å². The normalized spacial score (nSPS) is 39.2. The van der Waals surface area contributed by atoms with Gasteiger partial charge in [0.05, 0.1) is 0 Å². The van der Waals surface area contributed by atoms with E-state index in [4.69, 9.17) is 4.74 Å². The fourth-order valence-corrected chi connectivity index (χ4v) is 3.21. The highest BCUT2D eigenvalue weighted by atomic mass is 16.6. The molecule has 18 heavy (non-hydrogen) atoms. The topological polar surface area (TPSA) is 38.3 Å². The number of allylic oxidation sites excluding steroid dienone is 4. The molecule has 3 rings (SSSR count). The number of carbonyl (C=O) groups is 1. The number of ether oxygens (including phenoxy) is 1. The molecule has 1 N–H and O–H groups in total. The monoisotopic (exact) mass is 245 g/mol. The maximum absolute atomic E-state index is 11.8. The molecule has 3 aliphatic rings. The van der Waals surface area contributed by atoms with Crippen LogP contribution in [0.3, 0.4) is 0 Å². The molecule has 0 heterocycles. The summed E-state index contributed by atoms with van der Waals surface area (Å²) in [7, 11) is 0. The van der Waals surface area contributed by atoms with Gasteiger partial charge in [-0.2, -0.15) is 0 Å². The Kier molecular flexibility index (Phi) is 2.11. The van der Waals surface area contributed by atoms with E-state index in [9.17, 15) is 4.79 Å². The van der Waals surface area contributed by atoms with Crippen molar-refractivity contribution in [3.05, 3.63) is 36.5 Å². The highest BCUT2D eigenvalue weighted by molar-refractivity contribution is 5.70. The molecule has 3 nitrogen and oxygen atoms in total. The Hall–Kier alpha value is -1.51. The van der Waals surface area contributed by atoms with Crippen molar-refractivity contribution in [2.75, 3.05) is 0 Å². The summed E-state index contributed by atoms with van der Waals surface area (Å²) in [6.45, 7) is 5.63. The third-order valence-electron chi connectivity index (χ3n) is 4.15. The van der Waals surface area contributed by atoms with Gasteiger partial charge in [-0.1, -0.05) is 36.5 Å². The number of carbonyl (C=O) groups excluding carboxylic acids is 1. The van der Waals surface area contributed by atoms with Gasteiger partial charge in [0.2, 0.25) is 0 Å². The van der Waals surface area contributed by atoms with E-state index in [2.05, 4.69) is 41.8 Å². The van der Waals surface area contributed by atoms with Crippen molar-refractivity contribution in [3.63, 3.8) is 0 Å². The summed E-state index contributed by atoms with van der Waals surface area (Å²) in [5.74, 6) is 0. The number of rotatable bonds is 1. The minimum absolute atomic E-state index is 0.00134. The van der Waals surface area contributed by atoms with Crippen LogP contribution in [-0.4, -0.2) is 17.7 Å². The Morgan fingerprint density at radius 3 is 2.50 bits per heavy atom. The number of nitrogens with one attached hydrogen (secondary N) is 1. The van der Waals surface area contributed by atoms with Crippen molar-refractivity contribution in [1.29, 1.82) is 0 Å². The Bertz CT molecular complexity index is 483. The van der Waals surface area contributed by atoms with Gasteiger partial charge in [0, 0.05) is 16.9 Å². The van der Waals surface area contributed by atoms with Gasteiger partial charge in [-0.25, -0.2) is 4.79 Å². The van der Waals surface area contributed by atoms with Crippen molar-refractivity contribution < 1.29 is 9.53 Å². The molecule has 0 aliphatic heterocycles. The van der Waals surface area contributed by atoms with E-state index < -0.39 is 5.60 Å². The van der Waals surface area contributed by atoms with Crippen LogP contribution < -0.4 is 5.32 Å². The van der Waals surface area contributed by atoms with Gasteiger partial charge < -0.3 is 10.1 Å². The predicted molar refractivity (Wildman–Crippen MR) is 70.1 cm³/mol. The lowest BCUT2D eigenvalue weighted by Crippen LogP contribution is -2.69. The first-order valence-corrected chi connectivity index (χ1v) is 6.44. The van der Waals surface area contributed by atoms with Crippen LogP contribution in [0.5, 0.6) is 0 Å². The molecule has 3 aliphatic carbocycles. The maximum atomic E-state index is 11.8. The summed E-state index contributed by atoms with van der Waals surface area (Å²) in [4.78, 5) is 11.8. The van der Waals surface area contributed by atoms with E-state index in [1.807, 2.05) is 20.8 Å². The second-order valence-corrected chi connectivity index (χ2v) is 6.43. The van der Waals surface area contributed by atoms with Gasteiger partial charge in [-0.15, -0.1) is 0 Å². The van der Waals surface area contributed by atoms with Crippen molar-refractivity contribution in [2.24, 2.45) is 10.8 Å². The van der Waals surface area contributed by atoms with Gasteiger partial charge in [-0.3, -0.25) is 0 Å². The molecule has 0 aromatic heterocycles. The number of alkyl carbamates (subject to hydrolysis) is 1. The fourth-order valence-electron chi connectivity index (χ4n) is 3.21.